The van der Waals surface area contributed by atoms with E-state index in [2.05, 4.69) is 20.3 Å². The minimum absolute atomic E-state index is 0.378. The second kappa shape index (κ2) is 4.17. The molecular formula is C13H16N6O. The maximum absolute atomic E-state index is 11.8. The van der Waals surface area contributed by atoms with Gasteiger partial charge in [-0.25, -0.2) is 9.50 Å². The Morgan fingerprint density at radius 2 is 2.35 bits per heavy atom. The SMILES string of the molecule is NC(=O)c1c(N2CC3CCC2CN3)nn2cccnc12. The molecule has 5 heterocycles. The first-order valence-corrected chi connectivity index (χ1v) is 6.87. The van der Waals surface area contributed by atoms with E-state index in [1.54, 1.807) is 23.0 Å². The molecule has 2 unspecified atom stereocenters. The lowest BCUT2D eigenvalue weighted by atomic mass is 9.93. The highest BCUT2D eigenvalue weighted by Gasteiger charge is 2.37. The summed E-state index contributed by atoms with van der Waals surface area (Å²) in [5.41, 5.74) is 6.52. The van der Waals surface area contributed by atoms with E-state index in [4.69, 9.17) is 5.73 Å². The second-order valence-corrected chi connectivity index (χ2v) is 5.44. The van der Waals surface area contributed by atoms with Crippen molar-refractivity contribution in [1.29, 1.82) is 0 Å². The van der Waals surface area contributed by atoms with Gasteiger partial charge >= 0.3 is 0 Å². The van der Waals surface area contributed by atoms with E-state index in [9.17, 15) is 4.79 Å². The van der Waals surface area contributed by atoms with Crippen LogP contribution in [-0.2, 0) is 0 Å². The van der Waals surface area contributed by atoms with Crippen molar-refractivity contribution in [2.45, 2.75) is 24.9 Å². The van der Waals surface area contributed by atoms with Gasteiger partial charge in [-0.3, -0.25) is 4.79 Å². The second-order valence-electron chi connectivity index (χ2n) is 5.44. The topological polar surface area (TPSA) is 88.5 Å². The third kappa shape index (κ3) is 1.59. The van der Waals surface area contributed by atoms with Crippen LogP contribution in [-0.4, -0.2) is 45.7 Å². The quantitative estimate of drug-likeness (QED) is 0.788. The molecule has 0 saturated carbocycles. The highest BCUT2D eigenvalue weighted by atomic mass is 16.1. The summed E-state index contributed by atoms with van der Waals surface area (Å²) in [5, 5.41) is 8.02. The lowest BCUT2D eigenvalue weighted by Crippen LogP contribution is -2.61. The molecule has 5 rings (SSSR count). The lowest BCUT2D eigenvalue weighted by Gasteiger charge is -2.46. The van der Waals surface area contributed by atoms with Gasteiger partial charge in [-0.1, -0.05) is 0 Å². The van der Waals surface area contributed by atoms with Crippen LogP contribution in [0.5, 0.6) is 0 Å². The zero-order chi connectivity index (χ0) is 13.7. The maximum atomic E-state index is 11.8. The van der Waals surface area contributed by atoms with Gasteiger partial charge in [0.25, 0.3) is 5.91 Å². The number of carbonyl (C=O) groups excluding carboxylic acids is 1. The smallest absolute Gasteiger partial charge is 0.256 e. The van der Waals surface area contributed by atoms with Gasteiger partial charge in [0.2, 0.25) is 0 Å². The van der Waals surface area contributed by atoms with Crippen LogP contribution in [0.15, 0.2) is 18.5 Å². The van der Waals surface area contributed by atoms with Crippen molar-refractivity contribution in [2.24, 2.45) is 5.73 Å². The number of rotatable bonds is 2. The summed E-state index contributed by atoms with van der Waals surface area (Å²) in [6, 6.07) is 2.64. The number of nitrogens with zero attached hydrogens (tertiary/aromatic N) is 4. The zero-order valence-electron chi connectivity index (χ0n) is 11.0. The highest BCUT2D eigenvalue weighted by Crippen LogP contribution is 2.30. The maximum Gasteiger partial charge on any atom is 0.256 e. The molecule has 0 aliphatic carbocycles. The Bertz CT molecular complexity index is 673. The van der Waals surface area contributed by atoms with Crippen LogP contribution >= 0.6 is 0 Å². The summed E-state index contributed by atoms with van der Waals surface area (Å²) >= 11 is 0. The zero-order valence-corrected chi connectivity index (χ0v) is 11.0. The van der Waals surface area contributed by atoms with Crippen molar-refractivity contribution in [2.75, 3.05) is 18.0 Å². The van der Waals surface area contributed by atoms with Gasteiger partial charge < -0.3 is 16.0 Å². The molecule has 3 saturated heterocycles. The molecule has 3 aliphatic rings. The Kier molecular flexibility index (Phi) is 2.43. The predicted octanol–water partition coefficient (Wildman–Crippen LogP) is -0.231. The molecule has 20 heavy (non-hydrogen) atoms. The van der Waals surface area contributed by atoms with Gasteiger partial charge in [0, 0.05) is 37.6 Å². The van der Waals surface area contributed by atoms with E-state index < -0.39 is 5.91 Å². The Morgan fingerprint density at radius 3 is 3.00 bits per heavy atom. The number of fused-ring (bicyclic) bond motifs is 4. The van der Waals surface area contributed by atoms with E-state index in [0.29, 0.717) is 29.1 Å². The number of primary amides is 1. The van der Waals surface area contributed by atoms with Gasteiger partial charge in [-0.2, -0.15) is 0 Å². The summed E-state index contributed by atoms with van der Waals surface area (Å²) in [6.07, 6.45) is 5.74. The van der Waals surface area contributed by atoms with Crippen LogP contribution in [0.4, 0.5) is 5.82 Å². The number of carbonyl (C=O) groups is 1. The van der Waals surface area contributed by atoms with Crippen LogP contribution in [0.3, 0.4) is 0 Å². The highest BCUT2D eigenvalue weighted by molar-refractivity contribution is 6.03. The Balaban J connectivity index is 1.87. The molecule has 0 spiro atoms. The molecule has 1 amide bonds. The van der Waals surface area contributed by atoms with Gasteiger partial charge in [0.1, 0.15) is 5.56 Å². The van der Waals surface area contributed by atoms with E-state index in [0.717, 1.165) is 19.5 Å². The third-order valence-corrected chi connectivity index (χ3v) is 4.24. The van der Waals surface area contributed by atoms with E-state index in [-0.39, 0.29) is 0 Å². The first kappa shape index (κ1) is 11.7. The lowest BCUT2D eigenvalue weighted by molar-refractivity contribution is 0.100. The average Bonchev–Trinajstić information content (AvgIpc) is 2.87. The van der Waals surface area contributed by atoms with Crippen LogP contribution in [0.1, 0.15) is 23.2 Å². The molecule has 0 aromatic carbocycles. The van der Waals surface area contributed by atoms with E-state index in [1.807, 2.05) is 0 Å². The minimum atomic E-state index is -0.469. The van der Waals surface area contributed by atoms with Gasteiger partial charge in [-0.15, -0.1) is 5.10 Å². The number of amides is 1. The molecule has 2 aromatic rings. The van der Waals surface area contributed by atoms with Crippen molar-refractivity contribution in [1.82, 2.24) is 19.9 Å². The van der Waals surface area contributed by atoms with Crippen LogP contribution in [0, 0.1) is 0 Å². The summed E-state index contributed by atoms with van der Waals surface area (Å²) in [7, 11) is 0. The summed E-state index contributed by atoms with van der Waals surface area (Å²) in [5.74, 6) is 0.204. The Labute approximate surface area is 115 Å². The number of anilines is 1. The number of nitrogens with two attached hydrogens (primary N) is 1. The monoisotopic (exact) mass is 272 g/mol. The average molecular weight is 272 g/mol. The Hall–Kier alpha value is -2.15. The van der Waals surface area contributed by atoms with E-state index >= 15 is 0 Å². The molecule has 7 nitrogen and oxygen atoms in total. The Morgan fingerprint density at radius 1 is 1.45 bits per heavy atom. The fourth-order valence-electron chi connectivity index (χ4n) is 3.26. The molecule has 3 fully saturated rings. The first-order valence-electron chi connectivity index (χ1n) is 6.87. The van der Waals surface area contributed by atoms with Crippen LogP contribution in [0.2, 0.25) is 0 Å². The molecule has 2 bridgehead atoms. The van der Waals surface area contributed by atoms with Gasteiger partial charge in [-0.05, 0) is 18.9 Å². The minimum Gasteiger partial charge on any atom is -0.365 e. The van der Waals surface area contributed by atoms with Crippen LogP contribution < -0.4 is 16.0 Å². The number of piperidine rings is 2. The number of hydrogen-bond donors (Lipinski definition) is 2. The number of aromatic nitrogens is 3. The van der Waals surface area contributed by atoms with Crippen LogP contribution in [0.25, 0.3) is 5.65 Å². The number of hydrogen-bond acceptors (Lipinski definition) is 5. The standard InChI is InChI=1S/C13H16N6O/c14-11(20)10-12-15-4-1-5-19(12)17-13(10)18-7-8-2-3-9(18)6-16-8/h1,4-5,8-9,16H,2-3,6-7H2,(H2,14,20). The first-order chi connectivity index (χ1) is 9.74. The van der Waals surface area contributed by atoms with Gasteiger partial charge in [0.15, 0.2) is 11.5 Å². The molecule has 0 radical (unpaired) electrons. The molecule has 2 aromatic heterocycles. The predicted molar refractivity (Wildman–Crippen MR) is 73.7 cm³/mol. The number of piperazine rings is 1. The molecule has 3 aliphatic heterocycles. The summed E-state index contributed by atoms with van der Waals surface area (Å²) in [4.78, 5) is 18.3. The fraction of sp³-hybridized carbons (Fsp3) is 0.462. The third-order valence-electron chi connectivity index (χ3n) is 4.24. The normalized spacial score (nSPS) is 25.3. The van der Waals surface area contributed by atoms with Gasteiger partial charge in [0.05, 0.1) is 0 Å². The van der Waals surface area contributed by atoms with Crippen molar-refractivity contribution < 1.29 is 4.79 Å². The van der Waals surface area contributed by atoms with Crippen molar-refractivity contribution in [3.63, 3.8) is 0 Å². The largest absolute Gasteiger partial charge is 0.365 e. The number of nitrogens with one attached hydrogen (secondary N) is 1. The molecule has 3 N–H and O–H groups in total. The summed E-state index contributed by atoms with van der Waals surface area (Å²) < 4.78 is 1.63. The molecule has 104 valence electrons. The fourth-order valence-corrected chi connectivity index (χ4v) is 3.26. The van der Waals surface area contributed by atoms with Crippen molar-refractivity contribution >= 4 is 17.4 Å². The molecule has 7 heteroatoms. The summed E-state index contributed by atoms with van der Waals surface area (Å²) in [6.45, 7) is 1.80. The molecular weight excluding hydrogens is 256 g/mol. The molecule has 2 atom stereocenters. The van der Waals surface area contributed by atoms with Crippen molar-refractivity contribution in [3.8, 4) is 0 Å². The van der Waals surface area contributed by atoms with E-state index in [1.165, 1.54) is 6.42 Å². The van der Waals surface area contributed by atoms with Crippen molar-refractivity contribution in [3.05, 3.63) is 24.0 Å².